The van der Waals surface area contributed by atoms with Gasteiger partial charge in [0.05, 0.1) is 25.2 Å². The lowest BCUT2D eigenvalue weighted by molar-refractivity contribution is -0.151. The zero-order valence-corrected chi connectivity index (χ0v) is 44.6. The van der Waals surface area contributed by atoms with Crippen molar-refractivity contribution in [2.75, 3.05) is 6.61 Å². The molecule has 0 aromatic heterocycles. The van der Waals surface area contributed by atoms with Gasteiger partial charge in [0.1, 0.15) is 6.10 Å². The first-order chi connectivity index (χ1) is 32.5. The Morgan fingerprint density at radius 2 is 0.727 bits per heavy atom. The second kappa shape index (κ2) is 54.3. The highest BCUT2D eigenvalue weighted by atomic mass is 16.5. The summed E-state index contributed by atoms with van der Waals surface area (Å²) in [6.45, 7) is 6.51. The number of nitrogens with one attached hydrogen (secondary N) is 1. The lowest BCUT2D eigenvalue weighted by Gasteiger charge is -2.24. The van der Waals surface area contributed by atoms with Gasteiger partial charge in [0, 0.05) is 6.42 Å². The van der Waals surface area contributed by atoms with Gasteiger partial charge in [-0.05, 0) is 77.0 Å². The van der Waals surface area contributed by atoms with Gasteiger partial charge >= 0.3 is 5.97 Å². The quantitative estimate of drug-likeness (QED) is 0.0321. The molecule has 3 atom stereocenters. The molecule has 3 unspecified atom stereocenters. The molecule has 0 rings (SSSR count). The predicted octanol–water partition coefficient (Wildman–Crippen LogP) is 18.2. The van der Waals surface area contributed by atoms with Crippen LogP contribution >= 0.6 is 0 Å². The Morgan fingerprint density at radius 3 is 1.09 bits per heavy atom. The number of carbonyl (C=O) groups excluding carboxylic acids is 2. The standard InChI is InChI=1S/C60H115NO5/c1-4-7-10-13-16-19-22-25-28-29-32-33-36-39-42-45-48-51-56(66-60(65)53-50-47-44-41-38-35-31-27-24-21-18-15-12-9-6-3)54-59(64)61-57(55-62)58(63)52-49-46-43-40-37-34-30-26-23-20-17-14-11-8-5-2/h21,24-25,28,56-58,62-63H,4-20,22-23,26-27,29-55H2,1-3H3,(H,61,64)/b24-21-,28-25+. The van der Waals surface area contributed by atoms with Crippen LogP contribution in [0.4, 0.5) is 0 Å². The highest BCUT2D eigenvalue weighted by Crippen LogP contribution is 2.19. The largest absolute Gasteiger partial charge is 0.462 e. The SMILES string of the molecule is CCCCCC/C=C\CCCCCCCCCC(=O)OC(CCCCCCCCC/C=C/CCCCCCCC)CC(=O)NC(CO)C(O)CCCCCCCCCCCCCCCCC. The molecule has 0 aromatic carbocycles. The Kier molecular flexibility index (Phi) is 52.9. The fraction of sp³-hybridized carbons (Fsp3) is 0.900. The van der Waals surface area contributed by atoms with Gasteiger partial charge in [-0.3, -0.25) is 9.59 Å². The molecular weight excluding hydrogens is 815 g/mol. The molecule has 0 spiro atoms. The van der Waals surface area contributed by atoms with E-state index in [4.69, 9.17) is 4.74 Å². The second-order valence-corrected chi connectivity index (χ2v) is 20.4. The van der Waals surface area contributed by atoms with Crippen LogP contribution in [0.2, 0.25) is 0 Å². The van der Waals surface area contributed by atoms with Gasteiger partial charge in [-0.1, -0.05) is 257 Å². The van der Waals surface area contributed by atoms with E-state index in [-0.39, 0.29) is 24.9 Å². The molecule has 0 saturated carbocycles. The normalized spacial score (nSPS) is 13.2. The first-order valence-electron chi connectivity index (χ1n) is 29.6. The van der Waals surface area contributed by atoms with E-state index in [0.717, 1.165) is 51.4 Å². The van der Waals surface area contributed by atoms with E-state index in [2.05, 4.69) is 50.4 Å². The smallest absolute Gasteiger partial charge is 0.306 e. The van der Waals surface area contributed by atoms with E-state index < -0.39 is 18.2 Å². The highest BCUT2D eigenvalue weighted by molar-refractivity contribution is 5.77. The van der Waals surface area contributed by atoms with Crippen LogP contribution in [0.5, 0.6) is 0 Å². The van der Waals surface area contributed by atoms with Crippen LogP contribution in [0, 0.1) is 0 Å². The minimum Gasteiger partial charge on any atom is -0.462 e. The number of rotatable bonds is 54. The van der Waals surface area contributed by atoms with E-state index in [1.165, 1.54) is 225 Å². The van der Waals surface area contributed by atoms with Crippen molar-refractivity contribution >= 4 is 11.9 Å². The van der Waals surface area contributed by atoms with Crippen molar-refractivity contribution in [1.29, 1.82) is 0 Å². The molecule has 1 amide bonds. The third-order valence-electron chi connectivity index (χ3n) is 13.8. The molecule has 0 fully saturated rings. The van der Waals surface area contributed by atoms with Crippen molar-refractivity contribution in [2.24, 2.45) is 0 Å². The van der Waals surface area contributed by atoms with E-state index >= 15 is 0 Å². The molecular formula is C60H115NO5. The van der Waals surface area contributed by atoms with Crippen LogP contribution in [-0.4, -0.2) is 46.9 Å². The second-order valence-electron chi connectivity index (χ2n) is 20.4. The number of aliphatic hydroxyl groups is 2. The maximum Gasteiger partial charge on any atom is 0.306 e. The highest BCUT2D eigenvalue weighted by Gasteiger charge is 2.24. The molecule has 0 bridgehead atoms. The third-order valence-corrected chi connectivity index (χ3v) is 13.8. The number of amides is 1. The number of unbranched alkanes of at least 4 members (excludes halogenated alkanes) is 38. The van der Waals surface area contributed by atoms with Crippen LogP contribution < -0.4 is 5.32 Å². The first kappa shape index (κ1) is 64.3. The molecule has 0 aliphatic carbocycles. The summed E-state index contributed by atoms with van der Waals surface area (Å²) >= 11 is 0. The van der Waals surface area contributed by atoms with Crippen LogP contribution in [0.3, 0.4) is 0 Å². The molecule has 0 radical (unpaired) electrons. The van der Waals surface area contributed by atoms with E-state index in [9.17, 15) is 19.8 Å². The maximum atomic E-state index is 13.3. The Balaban J connectivity index is 4.54. The average molecular weight is 931 g/mol. The lowest BCUT2D eigenvalue weighted by atomic mass is 10.0. The average Bonchev–Trinajstić information content (AvgIpc) is 3.31. The molecule has 0 aromatic rings. The van der Waals surface area contributed by atoms with Gasteiger partial charge in [0.2, 0.25) is 5.91 Å². The van der Waals surface area contributed by atoms with Crippen molar-refractivity contribution in [2.45, 2.75) is 341 Å². The van der Waals surface area contributed by atoms with Crippen molar-refractivity contribution in [1.82, 2.24) is 5.32 Å². The summed E-state index contributed by atoms with van der Waals surface area (Å²) in [7, 11) is 0. The fourth-order valence-electron chi connectivity index (χ4n) is 9.25. The number of aliphatic hydroxyl groups excluding tert-OH is 2. The summed E-state index contributed by atoms with van der Waals surface area (Å²) < 4.78 is 5.97. The van der Waals surface area contributed by atoms with Crippen LogP contribution in [0.1, 0.15) is 323 Å². The third kappa shape index (κ3) is 48.8. The van der Waals surface area contributed by atoms with E-state index in [1.54, 1.807) is 0 Å². The van der Waals surface area contributed by atoms with Gasteiger partial charge in [-0.15, -0.1) is 0 Å². The summed E-state index contributed by atoms with van der Waals surface area (Å²) in [5.74, 6) is -0.465. The predicted molar refractivity (Wildman–Crippen MR) is 287 cm³/mol. The number of carbonyl (C=O) groups is 2. The Hall–Kier alpha value is -1.66. The van der Waals surface area contributed by atoms with Crippen LogP contribution in [-0.2, 0) is 14.3 Å². The first-order valence-corrected chi connectivity index (χ1v) is 29.6. The van der Waals surface area contributed by atoms with E-state index in [0.29, 0.717) is 19.3 Å². The number of hydrogen-bond donors (Lipinski definition) is 3. The van der Waals surface area contributed by atoms with Crippen molar-refractivity contribution in [3.63, 3.8) is 0 Å². The van der Waals surface area contributed by atoms with Crippen molar-refractivity contribution in [3.05, 3.63) is 24.3 Å². The van der Waals surface area contributed by atoms with Gasteiger partial charge in [-0.2, -0.15) is 0 Å². The number of allylic oxidation sites excluding steroid dienone is 4. The molecule has 0 aliphatic rings. The minimum atomic E-state index is -0.787. The molecule has 66 heavy (non-hydrogen) atoms. The summed E-state index contributed by atoms with van der Waals surface area (Å²) in [5.41, 5.74) is 0. The molecule has 6 nitrogen and oxygen atoms in total. The maximum absolute atomic E-state index is 13.3. The van der Waals surface area contributed by atoms with Gasteiger partial charge in [0.25, 0.3) is 0 Å². The lowest BCUT2D eigenvalue weighted by Crippen LogP contribution is -2.46. The molecule has 6 heteroatoms. The summed E-state index contributed by atoms with van der Waals surface area (Å²) in [6.07, 6.45) is 63.8. The Labute approximate surface area is 411 Å². The fourth-order valence-corrected chi connectivity index (χ4v) is 9.25. The zero-order valence-electron chi connectivity index (χ0n) is 44.6. The number of hydrogen-bond acceptors (Lipinski definition) is 5. The topological polar surface area (TPSA) is 95.9 Å². The molecule has 0 saturated heterocycles. The Bertz CT molecular complexity index is 1040. The minimum absolute atomic E-state index is 0.0777. The molecule has 0 heterocycles. The van der Waals surface area contributed by atoms with Gasteiger partial charge in [0.15, 0.2) is 0 Å². The molecule has 0 aliphatic heterocycles. The van der Waals surface area contributed by atoms with E-state index in [1.807, 2.05) is 0 Å². The van der Waals surface area contributed by atoms with Crippen molar-refractivity contribution < 1.29 is 24.5 Å². The van der Waals surface area contributed by atoms with Gasteiger partial charge in [-0.25, -0.2) is 0 Å². The van der Waals surface area contributed by atoms with Crippen LogP contribution in [0.25, 0.3) is 0 Å². The van der Waals surface area contributed by atoms with Gasteiger partial charge < -0.3 is 20.3 Å². The molecule has 390 valence electrons. The number of ether oxygens (including phenoxy) is 1. The monoisotopic (exact) mass is 930 g/mol. The zero-order chi connectivity index (χ0) is 48.1. The molecule has 3 N–H and O–H groups in total. The summed E-state index contributed by atoms with van der Waals surface area (Å²) in [4.78, 5) is 26.3. The van der Waals surface area contributed by atoms with Crippen LogP contribution in [0.15, 0.2) is 24.3 Å². The Morgan fingerprint density at radius 1 is 0.424 bits per heavy atom. The number of esters is 1. The summed E-state index contributed by atoms with van der Waals surface area (Å²) in [5, 5.41) is 23.9. The van der Waals surface area contributed by atoms with Crippen molar-refractivity contribution in [3.8, 4) is 0 Å². The summed E-state index contributed by atoms with van der Waals surface area (Å²) in [6, 6.07) is -0.701.